The van der Waals surface area contributed by atoms with Crippen molar-refractivity contribution in [2.45, 2.75) is 38.8 Å². The second-order valence-corrected chi connectivity index (χ2v) is 6.14. The van der Waals surface area contributed by atoms with Crippen molar-refractivity contribution < 1.29 is 0 Å². The number of nitriles is 1. The minimum Gasteiger partial charge on any atom is -0.363 e. The third-order valence-corrected chi connectivity index (χ3v) is 4.58. The molecule has 0 saturated carbocycles. The molecule has 1 saturated heterocycles. The number of piperazine rings is 1. The zero-order valence-electron chi connectivity index (χ0n) is 13.8. The van der Waals surface area contributed by atoms with Crippen molar-refractivity contribution in [1.29, 1.82) is 5.26 Å². The summed E-state index contributed by atoms with van der Waals surface area (Å²) in [6, 6.07) is 4.46. The maximum Gasteiger partial charge on any atom is 0.267 e. The molecule has 0 unspecified atom stereocenters. The minimum atomic E-state index is -0.0767. The van der Waals surface area contributed by atoms with Crippen molar-refractivity contribution in [2.24, 2.45) is 7.05 Å². The fourth-order valence-electron chi connectivity index (χ4n) is 3.12. The molecular weight excluding hydrogens is 292 g/mol. The first kappa shape index (κ1) is 15.6. The number of hydrogen-bond donors (Lipinski definition) is 1. The molecule has 7 heteroatoms. The van der Waals surface area contributed by atoms with Crippen LogP contribution in [0.5, 0.6) is 0 Å². The normalized spacial score (nSPS) is 21.6. The van der Waals surface area contributed by atoms with E-state index in [1.54, 1.807) is 23.8 Å². The first-order valence-electron chi connectivity index (χ1n) is 8.00. The molecule has 3 rings (SSSR count). The maximum atomic E-state index is 12.3. The van der Waals surface area contributed by atoms with Gasteiger partial charge in [-0.25, -0.2) is 14.2 Å². The van der Waals surface area contributed by atoms with Crippen LogP contribution < -0.4 is 15.8 Å². The van der Waals surface area contributed by atoms with Crippen molar-refractivity contribution in [2.75, 3.05) is 18.0 Å². The molecule has 0 bridgehead atoms. The smallest absolute Gasteiger partial charge is 0.267 e. The molecule has 1 N–H and O–H groups in total. The van der Waals surface area contributed by atoms with Gasteiger partial charge in [-0.05, 0) is 13.3 Å². The lowest BCUT2D eigenvalue weighted by atomic mass is 10.1. The summed E-state index contributed by atoms with van der Waals surface area (Å²) in [6.45, 7) is 6.03. The van der Waals surface area contributed by atoms with Gasteiger partial charge in [0.05, 0.1) is 30.1 Å². The van der Waals surface area contributed by atoms with E-state index in [4.69, 9.17) is 5.26 Å². The zero-order valence-corrected chi connectivity index (χ0v) is 13.8. The van der Waals surface area contributed by atoms with E-state index in [2.05, 4.69) is 35.1 Å². The Kier molecular flexibility index (Phi) is 4.09. The van der Waals surface area contributed by atoms with E-state index in [1.165, 1.54) is 4.68 Å². The Morgan fingerprint density at radius 2 is 2.30 bits per heavy atom. The van der Waals surface area contributed by atoms with Gasteiger partial charge in [0, 0.05) is 38.3 Å². The number of rotatable bonds is 3. The van der Waals surface area contributed by atoms with Crippen LogP contribution in [0.15, 0.2) is 17.1 Å². The van der Waals surface area contributed by atoms with Gasteiger partial charge in [0.25, 0.3) is 5.56 Å². The number of nitrogens with one attached hydrogen (secondary N) is 1. The number of nitrogens with zero attached hydrogens (tertiary/aromatic N) is 5. The number of fused-ring (bicyclic) bond motifs is 1. The summed E-state index contributed by atoms with van der Waals surface area (Å²) in [7, 11) is 1.72. The zero-order chi connectivity index (χ0) is 16.6. The molecule has 0 radical (unpaired) electrons. The highest BCUT2D eigenvalue weighted by Crippen LogP contribution is 2.24. The average molecular weight is 314 g/mol. The molecule has 2 aromatic rings. The van der Waals surface area contributed by atoms with Crippen LogP contribution in [0.25, 0.3) is 5.65 Å². The Bertz CT molecular complexity index is 814. The fraction of sp³-hybridized carbons (Fsp3) is 0.562. The average Bonchev–Trinajstić information content (AvgIpc) is 2.96. The van der Waals surface area contributed by atoms with E-state index in [0.717, 1.165) is 30.8 Å². The first-order chi connectivity index (χ1) is 11.0. The molecule has 0 amide bonds. The van der Waals surface area contributed by atoms with Crippen LogP contribution in [0.4, 0.5) is 5.69 Å². The molecule has 1 aliphatic rings. The molecule has 1 fully saturated rings. The van der Waals surface area contributed by atoms with Gasteiger partial charge in [-0.15, -0.1) is 0 Å². The largest absolute Gasteiger partial charge is 0.363 e. The summed E-state index contributed by atoms with van der Waals surface area (Å²) in [5.74, 6) is 0. The molecule has 2 atom stereocenters. The lowest BCUT2D eigenvalue weighted by molar-refractivity contribution is 0.397. The van der Waals surface area contributed by atoms with Crippen molar-refractivity contribution in [3.8, 4) is 6.07 Å². The quantitative estimate of drug-likeness (QED) is 0.901. The summed E-state index contributed by atoms with van der Waals surface area (Å²) < 4.78 is 3.27. The van der Waals surface area contributed by atoms with Crippen molar-refractivity contribution in [1.82, 2.24) is 19.5 Å². The number of anilines is 1. The highest BCUT2D eigenvalue weighted by atomic mass is 16.1. The van der Waals surface area contributed by atoms with Crippen LogP contribution in [-0.2, 0) is 13.5 Å². The molecule has 23 heavy (non-hydrogen) atoms. The van der Waals surface area contributed by atoms with E-state index in [1.807, 2.05) is 0 Å². The third-order valence-electron chi connectivity index (χ3n) is 4.58. The second kappa shape index (κ2) is 6.05. The van der Waals surface area contributed by atoms with E-state index in [0.29, 0.717) is 11.7 Å². The fourth-order valence-corrected chi connectivity index (χ4v) is 3.12. The Morgan fingerprint density at radius 1 is 1.52 bits per heavy atom. The van der Waals surface area contributed by atoms with Crippen molar-refractivity contribution >= 4 is 11.3 Å². The maximum absolute atomic E-state index is 12.3. The van der Waals surface area contributed by atoms with Crippen molar-refractivity contribution in [3.05, 3.63) is 28.3 Å². The number of aromatic nitrogens is 3. The Labute approximate surface area is 135 Å². The van der Waals surface area contributed by atoms with Gasteiger partial charge < -0.3 is 10.2 Å². The molecule has 122 valence electrons. The SMILES string of the molecule is CC[C@@H]1CN(c2cc(=O)n(C)n3cc(CC#N)nc23)[C@@H](C)CN1. The summed E-state index contributed by atoms with van der Waals surface area (Å²) in [4.78, 5) is 19.2. The number of imidazole rings is 1. The van der Waals surface area contributed by atoms with Gasteiger partial charge in [-0.2, -0.15) is 5.26 Å². The summed E-state index contributed by atoms with van der Waals surface area (Å²) in [6.07, 6.45) is 3.05. The van der Waals surface area contributed by atoms with Gasteiger partial charge >= 0.3 is 0 Å². The van der Waals surface area contributed by atoms with E-state index >= 15 is 0 Å². The predicted molar refractivity (Wildman–Crippen MR) is 88.6 cm³/mol. The highest BCUT2D eigenvalue weighted by molar-refractivity contribution is 5.69. The molecule has 2 aromatic heterocycles. The van der Waals surface area contributed by atoms with E-state index < -0.39 is 0 Å². The summed E-state index contributed by atoms with van der Waals surface area (Å²) in [5.41, 5.74) is 2.20. The standard InChI is InChI=1S/C16H22N6O/c1-4-12-9-21(11(2)8-18-12)14-7-15(23)20(3)22-10-13(5-6-17)19-16(14)22/h7,10-12,18H,4-5,8-9H2,1-3H3/t11-,12+/m0/s1. The summed E-state index contributed by atoms with van der Waals surface area (Å²) in [5, 5.41) is 12.4. The minimum absolute atomic E-state index is 0.0767. The molecule has 0 aromatic carbocycles. The molecule has 0 aliphatic carbocycles. The Hall–Kier alpha value is -2.33. The van der Waals surface area contributed by atoms with Crippen molar-refractivity contribution in [3.63, 3.8) is 0 Å². The van der Waals surface area contributed by atoms with Gasteiger partial charge in [-0.1, -0.05) is 6.92 Å². The van der Waals surface area contributed by atoms with E-state index in [-0.39, 0.29) is 18.0 Å². The topological polar surface area (TPSA) is 78.4 Å². The highest BCUT2D eigenvalue weighted by Gasteiger charge is 2.27. The summed E-state index contributed by atoms with van der Waals surface area (Å²) >= 11 is 0. The molecule has 7 nitrogen and oxygen atoms in total. The second-order valence-electron chi connectivity index (χ2n) is 6.14. The van der Waals surface area contributed by atoms with Gasteiger partial charge in [-0.3, -0.25) is 4.79 Å². The van der Waals surface area contributed by atoms with Gasteiger partial charge in [0.15, 0.2) is 5.65 Å². The van der Waals surface area contributed by atoms with Crippen LogP contribution in [0.3, 0.4) is 0 Å². The van der Waals surface area contributed by atoms with Crippen LogP contribution in [0, 0.1) is 11.3 Å². The first-order valence-corrected chi connectivity index (χ1v) is 8.00. The predicted octanol–water partition coefficient (Wildman–Crippen LogP) is 0.676. The monoisotopic (exact) mass is 314 g/mol. The van der Waals surface area contributed by atoms with Crippen LogP contribution in [-0.4, -0.2) is 39.4 Å². The molecular formula is C16H22N6O. The van der Waals surface area contributed by atoms with Gasteiger partial charge in [0.1, 0.15) is 0 Å². The van der Waals surface area contributed by atoms with Crippen LogP contribution in [0.1, 0.15) is 26.0 Å². The van der Waals surface area contributed by atoms with Crippen LogP contribution >= 0.6 is 0 Å². The van der Waals surface area contributed by atoms with Crippen LogP contribution in [0.2, 0.25) is 0 Å². The lowest BCUT2D eigenvalue weighted by Crippen LogP contribution is -2.55. The molecule has 3 heterocycles. The Balaban J connectivity index is 2.14. The number of aryl methyl sites for hydroxylation is 1. The molecule has 0 spiro atoms. The van der Waals surface area contributed by atoms with E-state index in [9.17, 15) is 4.79 Å². The van der Waals surface area contributed by atoms with Gasteiger partial charge in [0.2, 0.25) is 0 Å². The Morgan fingerprint density at radius 3 is 3.00 bits per heavy atom. The lowest BCUT2D eigenvalue weighted by Gasteiger charge is -2.40. The third kappa shape index (κ3) is 2.70. The molecule has 1 aliphatic heterocycles. The number of hydrogen-bond acceptors (Lipinski definition) is 5.